The Morgan fingerprint density at radius 3 is 2.75 bits per heavy atom. The van der Waals surface area contributed by atoms with Crippen molar-refractivity contribution in [2.45, 2.75) is 39.2 Å². The van der Waals surface area contributed by atoms with E-state index >= 15 is 0 Å². The van der Waals surface area contributed by atoms with Gasteiger partial charge in [-0.1, -0.05) is 36.4 Å². The summed E-state index contributed by atoms with van der Waals surface area (Å²) in [5, 5.41) is 14.9. The first kappa shape index (κ1) is 23.7. The van der Waals surface area contributed by atoms with Crippen molar-refractivity contribution in [1.29, 1.82) is 0 Å². The molecule has 7 nitrogen and oxygen atoms in total. The second-order valence-corrected chi connectivity index (χ2v) is 9.86. The third kappa shape index (κ3) is 4.99. The van der Waals surface area contributed by atoms with Gasteiger partial charge in [0.1, 0.15) is 16.5 Å². The molecule has 1 aliphatic carbocycles. The van der Waals surface area contributed by atoms with Crippen LogP contribution in [-0.2, 0) is 19.4 Å². The Labute approximate surface area is 212 Å². The average Bonchev–Trinajstić information content (AvgIpc) is 3.51. The van der Waals surface area contributed by atoms with Crippen molar-refractivity contribution in [2.24, 2.45) is 4.99 Å². The highest BCUT2D eigenvalue weighted by Gasteiger charge is 2.25. The summed E-state index contributed by atoms with van der Waals surface area (Å²) in [6, 6.07) is 18.1. The van der Waals surface area contributed by atoms with E-state index in [0.717, 1.165) is 42.4 Å². The zero-order valence-electron chi connectivity index (χ0n) is 19.8. The number of carbonyl (C=O) groups is 1. The van der Waals surface area contributed by atoms with Crippen molar-refractivity contribution in [3.05, 3.63) is 104 Å². The third-order valence-electron chi connectivity index (χ3n) is 6.31. The van der Waals surface area contributed by atoms with Crippen LogP contribution in [0.1, 0.15) is 50.5 Å². The molecule has 0 aliphatic heterocycles. The van der Waals surface area contributed by atoms with Crippen molar-refractivity contribution in [1.82, 2.24) is 5.32 Å². The molecule has 0 spiro atoms. The van der Waals surface area contributed by atoms with Crippen LogP contribution >= 0.6 is 11.3 Å². The first-order chi connectivity index (χ1) is 17.5. The highest BCUT2D eigenvalue weighted by Crippen LogP contribution is 2.40. The number of nitrogens with zero attached hydrogens (tertiary/aromatic N) is 2. The van der Waals surface area contributed by atoms with Crippen molar-refractivity contribution in [3.8, 4) is 11.3 Å². The molecule has 2 aromatic heterocycles. The quantitative estimate of drug-likeness (QED) is 0.172. The van der Waals surface area contributed by atoms with Gasteiger partial charge in [-0.3, -0.25) is 14.9 Å². The molecule has 8 heteroatoms. The van der Waals surface area contributed by atoms with Gasteiger partial charge in [0.2, 0.25) is 0 Å². The number of carbonyl (C=O) groups excluding carboxylic acids is 1. The van der Waals surface area contributed by atoms with Gasteiger partial charge in [0.25, 0.3) is 11.6 Å². The highest BCUT2D eigenvalue weighted by molar-refractivity contribution is 7.16. The molecule has 4 aromatic rings. The average molecular weight is 500 g/mol. The number of aliphatic imine (C=N–C) groups is 1. The van der Waals surface area contributed by atoms with Gasteiger partial charge >= 0.3 is 0 Å². The molecule has 182 valence electrons. The van der Waals surface area contributed by atoms with E-state index in [1.165, 1.54) is 17.0 Å². The van der Waals surface area contributed by atoms with Crippen LogP contribution in [0.2, 0.25) is 0 Å². The molecule has 0 bridgehead atoms. The number of nitro groups is 1. The second kappa shape index (κ2) is 10.3. The summed E-state index contributed by atoms with van der Waals surface area (Å²) >= 11 is 1.57. The van der Waals surface area contributed by atoms with Crippen LogP contribution in [-0.4, -0.2) is 17.0 Å². The molecule has 36 heavy (non-hydrogen) atoms. The number of nitrogens with one attached hydrogen (secondary N) is 1. The largest absolute Gasteiger partial charge is 0.455 e. The van der Waals surface area contributed by atoms with Crippen molar-refractivity contribution < 1.29 is 14.1 Å². The van der Waals surface area contributed by atoms with Crippen molar-refractivity contribution in [3.63, 3.8) is 0 Å². The fourth-order valence-electron chi connectivity index (χ4n) is 4.42. The lowest BCUT2D eigenvalue weighted by molar-refractivity contribution is -0.384. The first-order valence-electron chi connectivity index (χ1n) is 11.9. The summed E-state index contributed by atoms with van der Waals surface area (Å²) in [6.07, 6.45) is 5.64. The first-order valence-corrected chi connectivity index (χ1v) is 12.7. The maximum atomic E-state index is 13.2. The topological polar surface area (TPSA) is 97.7 Å². The number of benzene rings is 2. The third-order valence-corrected chi connectivity index (χ3v) is 7.51. The monoisotopic (exact) mass is 499 g/mol. The number of hydrogen-bond acceptors (Lipinski definition) is 6. The predicted molar refractivity (Wildman–Crippen MR) is 141 cm³/mol. The van der Waals surface area contributed by atoms with E-state index in [1.807, 2.05) is 37.3 Å². The smallest absolute Gasteiger partial charge is 0.270 e. The molecule has 1 aliphatic rings. The molecule has 2 heterocycles. The summed E-state index contributed by atoms with van der Waals surface area (Å²) in [6.45, 7) is 2.34. The molecular weight excluding hydrogens is 474 g/mol. The molecule has 5 rings (SSSR count). The van der Waals surface area contributed by atoms with E-state index in [2.05, 4.69) is 10.3 Å². The van der Waals surface area contributed by atoms with Crippen LogP contribution in [0.5, 0.6) is 0 Å². The molecule has 0 unspecified atom stereocenters. The number of fused-ring (bicyclic) bond motifs is 1. The molecule has 0 fully saturated rings. The van der Waals surface area contributed by atoms with E-state index in [-0.39, 0.29) is 11.6 Å². The Morgan fingerprint density at radius 1 is 1.14 bits per heavy atom. The fourth-order valence-corrected chi connectivity index (χ4v) is 5.65. The van der Waals surface area contributed by atoms with E-state index < -0.39 is 4.92 Å². The van der Waals surface area contributed by atoms with E-state index in [0.29, 0.717) is 34.2 Å². The normalized spacial score (nSPS) is 13.0. The summed E-state index contributed by atoms with van der Waals surface area (Å²) in [4.78, 5) is 29.9. The fraction of sp³-hybridized carbons (Fsp3) is 0.214. The molecule has 1 N–H and O–H groups in total. The summed E-state index contributed by atoms with van der Waals surface area (Å²) in [7, 11) is 0. The number of nitro benzene ring substituents is 1. The number of hydrogen-bond donors (Lipinski definition) is 1. The van der Waals surface area contributed by atoms with Crippen LogP contribution in [0.15, 0.2) is 70.1 Å². The molecule has 0 radical (unpaired) electrons. The van der Waals surface area contributed by atoms with Crippen LogP contribution < -0.4 is 5.32 Å². The highest BCUT2D eigenvalue weighted by atomic mass is 32.1. The zero-order chi connectivity index (χ0) is 25.1. The summed E-state index contributed by atoms with van der Waals surface area (Å²) in [5.74, 6) is 0.930. The number of aryl methyl sites for hydroxylation is 2. The number of rotatable bonds is 7. The Kier molecular flexibility index (Phi) is 6.77. The number of non-ortho nitro benzene ring substituents is 1. The number of amides is 1. The lowest BCUT2D eigenvalue weighted by atomic mass is 9.95. The zero-order valence-corrected chi connectivity index (χ0v) is 20.6. The van der Waals surface area contributed by atoms with Gasteiger partial charge in [0, 0.05) is 29.1 Å². The lowest BCUT2D eigenvalue weighted by Gasteiger charge is -2.12. The number of furan rings is 1. The Balaban J connectivity index is 1.40. The van der Waals surface area contributed by atoms with E-state index in [1.54, 1.807) is 35.8 Å². The minimum absolute atomic E-state index is 0.0116. The summed E-state index contributed by atoms with van der Waals surface area (Å²) in [5.41, 5.74) is 4.36. The Morgan fingerprint density at radius 2 is 1.94 bits per heavy atom. The maximum Gasteiger partial charge on any atom is 0.270 e. The Bertz CT molecular complexity index is 1450. The molecule has 0 atom stereocenters. The van der Waals surface area contributed by atoms with Gasteiger partial charge in [0.05, 0.1) is 16.7 Å². The van der Waals surface area contributed by atoms with Gasteiger partial charge in [-0.2, -0.15) is 0 Å². The van der Waals surface area contributed by atoms with Gasteiger partial charge in [-0.25, -0.2) is 4.99 Å². The van der Waals surface area contributed by atoms with Crippen molar-refractivity contribution in [2.75, 3.05) is 0 Å². The van der Waals surface area contributed by atoms with Crippen LogP contribution in [0.4, 0.5) is 10.7 Å². The standard InChI is InChI=1S/C28H25N3O4S/c1-18-11-12-20(31(33)34)15-23(18)24-14-13-21(35-24)17-30-28-26(22-9-5-6-10-25(22)36-28)27(32)29-16-19-7-3-2-4-8-19/h2-4,7-8,11-15,17H,5-6,9-10,16H2,1H3,(H,29,32)/b30-17-. The molecule has 0 saturated heterocycles. The molecule has 2 aromatic carbocycles. The predicted octanol–water partition coefficient (Wildman–Crippen LogP) is 6.78. The lowest BCUT2D eigenvalue weighted by Crippen LogP contribution is -2.24. The SMILES string of the molecule is Cc1ccc([N+](=O)[O-])cc1-c1ccc(/C=N\c2sc3c(c2C(=O)NCc2ccccc2)CCCC3)o1. The maximum absolute atomic E-state index is 13.2. The van der Waals surface area contributed by atoms with E-state index in [4.69, 9.17) is 4.42 Å². The molecule has 0 saturated carbocycles. The molecular formula is C28H25N3O4S. The minimum atomic E-state index is -0.419. The van der Waals surface area contributed by atoms with Crippen LogP contribution in [0.3, 0.4) is 0 Å². The molecule has 1 amide bonds. The Hall–Kier alpha value is -4.04. The minimum Gasteiger partial charge on any atom is -0.455 e. The van der Waals surface area contributed by atoms with Crippen LogP contribution in [0, 0.1) is 17.0 Å². The van der Waals surface area contributed by atoms with Crippen molar-refractivity contribution >= 4 is 34.1 Å². The summed E-state index contributed by atoms with van der Waals surface area (Å²) < 4.78 is 5.95. The van der Waals surface area contributed by atoms with E-state index in [9.17, 15) is 14.9 Å². The van der Waals surface area contributed by atoms with Gasteiger partial charge in [0.15, 0.2) is 0 Å². The van der Waals surface area contributed by atoms with Gasteiger partial charge < -0.3 is 9.73 Å². The number of thiophene rings is 1. The second-order valence-electron chi connectivity index (χ2n) is 8.78. The van der Waals surface area contributed by atoms with Gasteiger partial charge in [-0.05, 0) is 61.4 Å². The van der Waals surface area contributed by atoms with Gasteiger partial charge in [-0.15, -0.1) is 11.3 Å². The van der Waals surface area contributed by atoms with Crippen LogP contribution in [0.25, 0.3) is 11.3 Å².